The van der Waals surface area contributed by atoms with E-state index < -0.39 is 0 Å². The normalized spacial score (nSPS) is 12.5. The molecule has 186 valence electrons. The number of para-hydroxylation sites is 7. The van der Waals surface area contributed by atoms with E-state index in [9.17, 15) is 0 Å². The molecule has 10 aromatic rings. The van der Waals surface area contributed by atoms with Gasteiger partial charge in [0, 0.05) is 11.3 Å². The van der Waals surface area contributed by atoms with E-state index in [-0.39, 0.29) is 0 Å². The summed E-state index contributed by atoms with van der Waals surface area (Å²) in [5.41, 5.74) is 11.5. The van der Waals surface area contributed by atoms with Gasteiger partial charge in [-0.05, 0) is 60.7 Å². The standard InChI is InChI=1S/C33H19N7/c1-2-10-21(11-3-1)37-25-15-7-4-12-22(25)34-31(37)20-18-28-30-29(19-20)39-27-17-9-6-14-24(27)36-33(39)40(30)32-35-23-13-5-8-16-26(23)38(28)32/h1-19H. The van der Waals surface area contributed by atoms with Gasteiger partial charge in [0.15, 0.2) is 0 Å². The molecule has 0 atom stereocenters. The van der Waals surface area contributed by atoms with Crippen molar-refractivity contribution in [2.24, 2.45) is 0 Å². The summed E-state index contributed by atoms with van der Waals surface area (Å²) < 4.78 is 8.98. The number of imidazole rings is 5. The second kappa shape index (κ2) is 7.03. The molecule has 10 rings (SSSR count). The van der Waals surface area contributed by atoms with Gasteiger partial charge in [-0.3, -0.25) is 13.4 Å². The maximum absolute atomic E-state index is 5.19. The molecule has 40 heavy (non-hydrogen) atoms. The predicted octanol–water partition coefficient (Wildman–Crippen LogP) is 7.14. The highest BCUT2D eigenvalue weighted by molar-refractivity contribution is 6.06. The zero-order valence-corrected chi connectivity index (χ0v) is 21.1. The van der Waals surface area contributed by atoms with Crippen molar-refractivity contribution >= 4 is 61.2 Å². The van der Waals surface area contributed by atoms with Crippen molar-refractivity contribution in [3.05, 3.63) is 115 Å². The molecule has 7 heteroatoms. The SMILES string of the molecule is c1ccc(-n2c(-c3cc4c5c(c3)n3c6ccccc6nc3n5c3nc5ccccc5n43)nc3ccccc32)cc1. The fraction of sp³-hybridized carbons (Fsp3) is 0. The number of nitrogens with zero attached hydrogens (tertiary/aromatic N) is 7. The maximum Gasteiger partial charge on any atom is 0.223 e. The lowest BCUT2D eigenvalue weighted by Gasteiger charge is -2.10. The number of benzene rings is 5. The average Bonchev–Trinajstić information content (AvgIpc) is 3.79. The van der Waals surface area contributed by atoms with E-state index in [0.29, 0.717) is 0 Å². The van der Waals surface area contributed by atoms with E-state index in [4.69, 9.17) is 15.0 Å². The Balaban J connectivity index is 1.44. The number of aromatic nitrogens is 7. The minimum Gasteiger partial charge on any atom is -0.292 e. The van der Waals surface area contributed by atoms with Gasteiger partial charge in [-0.25, -0.2) is 19.4 Å². The fourth-order valence-corrected chi connectivity index (χ4v) is 6.45. The second-order valence-electron chi connectivity index (χ2n) is 10.3. The molecule has 0 saturated heterocycles. The highest BCUT2D eigenvalue weighted by atomic mass is 15.3. The van der Waals surface area contributed by atoms with Gasteiger partial charge < -0.3 is 0 Å². The second-order valence-corrected chi connectivity index (χ2v) is 10.3. The fourth-order valence-electron chi connectivity index (χ4n) is 6.45. The Morgan fingerprint density at radius 1 is 0.425 bits per heavy atom. The van der Waals surface area contributed by atoms with Crippen molar-refractivity contribution in [1.29, 1.82) is 0 Å². The summed E-state index contributed by atoms with van der Waals surface area (Å²) in [6.45, 7) is 0. The molecule has 5 aromatic carbocycles. The third kappa shape index (κ3) is 2.38. The lowest BCUT2D eigenvalue weighted by Crippen LogP contribution is -1.98. The number of rotatable bonds is 2. The summed E-state index contributed by atoms with van der Waals surface area (Å²) in [5.74, 6) is 2.62. The Kier molecular flexibility index (Phi) is 3.57. The number of hydrogen-bond donors (Lipinski definition) is 0. The molecule has 0 saturated carbocycles. The topological polar surface area (TPSA) is 56.8 Å². The zero-order chi connectivity index (χ0) is 25.9. The lowest BCUT2D eigenvalue weighted by molar-refractivity contribution is 1.10. The van der Waals surface area contributed by atoms with Crippen LogP contribution in [0.4, 0.5) is 0 Å². The van der Waals surface area contributed by atoms with E-state index in [1.54, 1.807) is 0 Å². The Bertz CT molecular complexity index is 2480. The van der Waals surface area contributed by atoms with Crippen LogP contribution in [0.3, 0.4) is 0 Å². The molecular weight excluding hydrogens is 494 g/mol. The van der Waals surface area contributed by atoms with Crippen molar-refractivity contribution in [3.8, 4) is 17.1 Å². The van der Waals surface area contributed by atoms with Gasteiger partial charge in [-0.1, -0.05) is 54.6 Å². The quantitative estimate of drug-likeness (QED) is 0.247. The first-order valence-electron chi connectivity index (χ1n) is 13.3. The monoisotopic (exact) mass is 513 g/mol. The van der Waals surface area contributed by atoms with Gasteiger partial charge >= 0.3 is 0 Å². The van der Waals surface area contributed by atoms with Crippen LogP contribution >= 0.6 is 0 Å². The molecule has 0 amide bonds. The van der Waals surface area contributed by atoms with Crippen LogP contribution in [-0.2, 0) is 0 Å². The van der Waals surface area contributed by atoms with E-state index in [1.807, 2.05) is 24.3 Å². The average molecular weight is 514 g/mol. The summed E-state index contributed by atoms with van der Waals surface area (Å²) >= 11 is 0. The summed E-state index contributed by atoms with van der Waals surface area (Å²) in [6, 6.07) is 39.9. The molecular formula is C33H19N7. The van der Waals surface area contributed by atoms with Crippen molar-refractivity contribution in [2.45, 2.75) is 0 Å². The zero-order valence-electron chi connectivity index (χ0n) is 21.1. The van der Waals surface area contributed by atoms with E-state index >= 15 is 0 Å². The van der Waals surface area contributed by atoms with Crippen molar-refractivity contribution in [1.82, 2.24) is 32.7 Å². The van der Waals surface area contributed by atoms with Crippen LogP contribution in [0.1, 0.15) is 0 Å². The molecule has 0 spiro atoms. The smallest absolute Gasteiger partial charge is 0.223 e. The third-order valence-corrected chi connectivity index (χ3v) is 8.09. The lowest BCUT2D eigenvalue weighted by atomic mass is 10.1. The maximum atomic E-state index is 5.19. The van der Waals surface area contributed by atoms with Gasteiger partial charge in [-0.15, -0.1) is 0 Å². The summed E-state index contributed by atoms with van der Waals surface area (Å²) in [5, 5.41) is 0. The molecule has 0 fully saturated rings. The molecule has 0 radical (unpaired) electrons. The Morgan fingerprint density at radius 3 is 1.52 bits per heavy atom. The largest absolute Gasteiger partial charge is 0.292 e. The summed E-state index contributed by atoms with van der Waals surface area (Å²) in [4.78, 5) is 15.3. The number of fused-ring (bicyclic) bond motifs is 11. The minimum atomic E-state index is 0.861. The van der Waals surface area contributed by atoms with Crippen LogP contribution in [0, 0.1) is 0 Å². The Labute approximate surface area is 226 Å². The first-order valence-corrected chi connectivity index (χ1v) is 13.3. The van der Waals surface area contributed by atoms with Gasteiger partial charge in [0.25, 0.3) is 0 Å². The van der Waals surface area contributed by atoms with Gasteiger partial charge in [0.1, 0.15) is 11.3 Å². The first kappa shape index (κ1) is 20.3. The molecule has 0 N–H and O–H groups in total. The van der Waals surface area contributed by atoms with Gasteiger partial charge in [-0.2, -0.15) is 0 Å². The molecule has 0 aliphatic heterocycles. The Hall–Kier alpha value is -5.69. The van der Waals surface area contributed by atoms with Crippen LogP contribution in [0.2, 0.25) is 0 Å². The highest BCUT2D eigenvalue weighted by Gasteiger charge is 2.25. The summed E-state index contributed by atoms with van der Waals surface area (Å²) in [6.07, 6.45) is 0. The first-order chi connectivity index (χ1) is 19.8. The van der Waals surface area contributed by atoms with Crippen molar-refractivity contribution < 1.29 is 0 Å². The highest BCUT2D eigenvalue weighted by Crippen LogP contribution is 2.38. The third-order valence-electron chi connectivity index (χ3n) is 8.09. The minimum absolute atomic E-state index is 0.861. The van der Waals surface area contributed by atoms with Gasteiger partial charge in [0.05, 0.1) is 44.1 Å². The van der Waals surface area contributed by atoms with Crippen LogP contribution < -0.4 is 0 Å². The van der Waals surface area contributed by atoms with Crippen LogP contribution in [0.5, 0.6) is 0 Å². The van der Waals surface area contributed by atoms with E-state index in [1.165, 1.54) is 0 Å². The summed E-state index contributed by atoms with van der Waals surface area (Å²) in [7, 11) is 0. The molecule has 5 heterocycles. The predicted molar refractivity (Wildman–Crippen MR) is 159 cm³/mol. The van der Waals surface area contributed by atoms with Gasteiger partial charge in [0.2, 0.25) is 11.6 Å². The van der Waals surface area contributed by atoms with Crippen LogP contribution in [0.25, 0.3) is 78.3 Å². The van der Waals surface area contributed by atoms with Crippen molar-refractivity contribution in [3.63, 3.8) is 0 Å². The molecule has 7 nitrogen and oxygen atoms in total. The van der Waals surface area contributed by atoms with Crippen molar-refractivity contribution in [2.75, 3.05) is 0 Å². The molecule has 0 bridgehead atoms. The molecule has 0 aliphatic rings. The molecule has 0 aliphatic carbocycles. The van der Waals surface area contributed by atoms with Crippen LogP contribution in [0.15, 0.2) is 115 Å². The van der Waals surface area contributed by atoms with E-state index in [0.717, 1.165) is 78.3 Å². The number of hydrogen-bond acceptors (Lipinski definition) is 3. The van der Waals surface area contributed by atoms with Crippen LogP contribution in [-0.4, -0.2) is 32.7 Å². The molecule has 0 unspecified atom stereocenters. The molecule has 5 aromatic heterocycles. The van der Waals surface area contributed by atoms with E-state index in [2.05, 4.69) is 109 Å². The Morgan fingerprint density at radius 2 is 0.925 bits per heavy atom.